The minimum absolute atomic E-state index is 0.166. The van der Waals surface area contributed by atoms with Crippen LogP contribution in [-0.4, -0.2) is 14.7 Å². The average Bonchev–Trinajstić information content (AvgIpc) is 2.51. The molecule has 0 spiro atoms. The normalized spacial score (nSPS) is 11.4. The number of halogens is 9. The van der Waals surface area contributed by atoms with E-state index in [1.54, 1.807) is 0 Å². The van der Waals surface area contributed by atoms with Gasteiger partial charge in [0.2, 0.25) is 0 Å². The molecule has 0 saturated carbocycles. The molecule has 0 bridgehead atoms. The maximum atomic E-state index is 14.3. The second kappa shape index (κ2) is 7.54. The molecule has 3 aromatic rings. The first-order valence-corrected chi connectivity index (χ1v) is 10.2. The summed E-state index contributed by atoms with van der Waals surface area (Å²) in [6.07, 6.45) is 0. The Hall–Kier alpha value is -2.41. The SMILES string of the molecule is Fc1cc(F)c([As](c2c(F)cc(F)cc2F)c2c(F)cc(F)cc2F)c(F)c1. The van der Waals surface area contributed by atoms with Crippen LogP contribution in [0.3, 0.4) is 0 Å². The van der Waals surface area contributed by atoms with Crippen molar-refractivity contribution in [3.8, 4) is 0 Å². The first-order valence-electron chi connectivity index (χ1n) is 7.34. The zero-order valence-electron chi connectivity index (χ0n) is 13.3. The second-order valence-electron chi connectivity index (χ2n) is 5.49. The van der Waals surface area contributed by atoms with E-state index >= 15 is 0 Å². The second-order valence-corrected chi connectivity index (χ2v) is 9.71. The van der Waals surface area contributed by atoms with Crippen LogP contribution < -0.4 is 13.1 Å². The van der Waals surface area contributed by atoms with Crippen LogP contribution in [0, 0.1) is 52.4 Å². The summed E-state index contributed by atoms with van der Waals surface area (Å²) in [7, 11) is 0. The molecule has 0 nitrogen and oxygen atoms in total. The summed E-state index contributed by atoms with van der Waals surface area (Å²) < 4.78 is 122. The van der Waals surface area contributed by atoms with E-state index in [-0.39, 0.29) is 36.4 Å². The molecule has 0 aliphatic carbocycles. The summed E-state index contributed by atoms with van der Waals surface area (Å²) in [4.78, 5) is 0. The van der Waals surface area contributed by atoms with E-state index in [4.69, 9.17) is 0 Å². The minimum atomic E-state index is -4.45. The predicted molar refractivity (Wildman–Crippen MR) is 83.6 cm³/mol. The van der Waals surface area contributed by atoms with Gasteiger partial charge in [0.15, 0.2) is 0 Å². The van der Waals surface area contributed by atoms with E-state index in [0.717, 1.165) is 0 Å². The van der Waals surface area contributed by atoms with Gasteiger partial charge in [0.05, 0.1) is 0 Å². The Morgan fingerprint density at radius 1 is 0.357 bits per heavy atom. The van der Waals surface area contributed by atoms with Crippen molar-refractivity contribution in [3.63, 3.8) is 0 Å². The van der Waals surface area contributed by atoms with Crippen LogP contribution >= 0.6 is 0 Å². The van der Waals surface area contributed by atoms with Crippen LogP contribution in [0.5, 0.6) is 0 Å². The summed E-state index contributed by atoms with van der Waals surface area (Å²) >= 11 is -4.45. The summed E-state index contributed by atoms with van der Waals surface area (Å²) in [5, 5.41) is 0. The standard InChI is InChI=1S/C18H6AsF9/c20-7-1-10(23)16(11(24)2-7)19(17-12(25)3-8(21)4-13(17)26)18-14(27)5-9(22)6-15(18)28/h1-6H. The Bertz CT molecular complexity index is 875. The molecule has 28 heavy (non-hydrogen) atoms. The molecule has 3 aromatic carbocycles. The Kier molecular flexibility index (Phi) is 5.48. The van der Waals surface area contributed by atoms with Crippen LogP contribution in [0.2, 0.25) is 0 Å². The molecule has 0 fully saturated rings. The number of rotatable bonds is 3. The van der Waals surface area contributed by atoms with Crippen LogP contribution in [0.4, 0.5) is 39.5 Å². The monoisotopic (exact) mass is 468 g/mol. The first kappa shape index (κ1) is 20.3. The zero-order valence-corrected chi connectivity index (χ0v) is 15.2. The summed E-state index contributed by atoms with van der Waals surface area (Å²) in [5.74, 6) is -14.0. The van der Waals surface area contributed by atoms with Crippen molar-refractivity contribution in [2.75, 3.05) is 0 Å². The maximum absolute atomic E-state index is 14.3. The van der Waals surface area contributed by atoms with Gasteiger partial charge >= 0.3 is 156 Å². The van der Waals surface area contributed by atoms with Gasteiger partial charge in [-0.25, -0.2) is 0 Å². The molecule has 0 aromatic heterocycles. The van der Waals surface area contributed by atoms with Crippen LogP contribution in [0.25, 0.3) is 0 Å². The molecule has 0 N–H and O–H groups in total. The molecule has 0 unspecified atom stereocenters. The molecular formula is C18H6AsF9. The van der Waals surface area contributed by atoms with E-state index < -0.39 is 80.1 Å². The van der Waals surface area contributed by atoms with Crippen LogP contribution in [0.15, 0.2) is 36.4 Å². The van der Waals surface area contributed by atoms with Gasteiger partial charge in [-0.05, 0) is 0 Å². The van der Waals surface area contributed by atoms with Gasteiger partial charge in [-0.1, -0.05) is 0 Å². The summed E-state index contributed by atoms with van der Waals surface area (Å²) in [5.41, 5.74) is 0. The predicted octanol–water partition coefficient (Wildman–Crippen LogP) is 3.45. The third-order valence-corrected chi connectivity index (χ3v) is 9.12. The summed E-state index contributed by atoms with van der Waals surface area (Å²) in [6, 6.07) is 0.993. The van der Waals surface area contributed by atoms with Crippen molar-refractivity contribution in [3.05, 3.63) is 88.8 Å². The molecule has 0 aliphatic rings. The average molecular weight is 468 g/mol. The van der Waals surface area contributed by atoms with Gasteiger partial charge in [-0.15, -0.1) is 0 Å². The molecule has 0 radical (unpaired) electrons. The van der Waals surface area contributed by atoms with E-state index in [0.29, 0.717) is 0 Å². The molecule has 0 aliphatic heterocycles. The molecule has 0 heterocycles. The van der Waals surface area contributed by atoms with E-state index in [9.17, 15) is 39.5 Å². The molecular weight excluding hydrogens is 462 g/mol. The van der Waals surface area contributed by atoms with Gasteiger partial charge in [0, 0.05) is 0 Å². The fraction of sp³-hybridized carbons (Fsp3) is 0. The van der Waals surface area contributed by atoms with Gasteiger partial charge in [0.1, 0.15) is 0 Å². The molecule has 146 valence electrons. The van der Waals surface area contributed by atoms with Crippen molar-refractivity contribution in [2.45, 2.75) is 0 Å². The zero-order chi connectivity index (χ0) is 20.7. The van der Waals surface area contributed by atoms with Crippen LogP contribution in [0.1, 0.15) is 0 Å². The number of hydrogen-bond acceptors (Lipinski definition) is 0. The fourth-order valence-electron chi connectivity index (χ4n) is 2.58. The van der Waals surface area contributed by atoms with E-state index in [2.05, 4.69) is 0 Å². The van der Waals surface area contributed by atoms with E-state index in [1.165, 1.54) is 0 Å². The number of hydrogen-bond donors (Lipinski definition) is 0. The van der Waals surface area contributed by atoms with Crippen molar-refractivity contribution in [1.29, 1.82) is 0 Å². The van der Waals surface area contributed by atoms with Crippen molar-refractivity contribution in [1.82, 2.24) is 0 Å². The molecule has 3 rings (SSSR count). The van der Waals surface area contributed by atoms with Crippen molar-refractivity contribution < 1.29 is 39.5 Å². The van der Waals surface area contributed by atoms with Gasteiger partial charge in [-0.3, -0.25) is 0 Å². The Morgan fingerprint density at radius 2 is 0.536 bits per heavy atom. The topological polar surface area (TPSA) is 0 Å². The Labute approximate surface area is 156 Å². The Balaban J connectivity index is 2.45. The fourth-order valence-corrected chi connectivity index (χ4v) is 7.49. The third kappa shape index (κ3) is 3.63. The first-order chi connectivity index (χ1) is 13.1. The number of benzene rings is 3. The van der Waals surface area contributed by atoms with Gasteiger partial charge < -0.3 is 0 Å². The third-order valence-electron chi connectivity index (χ3n) is 3.62. The van der Waals surface area contributed by atoms with E-state index in [1.807, 2.05) is 0 Å². The van der Waals surface area contributed by atoms with Crippen molar-refractivity contribution in [2.24, 2.45) is 0 Å². The van der Waals surface area contributed by atoms with Crippen LogP contribution in [-0.2, 0) is 0 Å². The summed E-state index contributed by atoms with van der Waals surface area (Å²) in [6.45, 7) is 0. The van der Waals surface area contributed by atoms with Gasteiger partial charge in [-0.2, -0.15) is 0 Å². The molecule has 10 heteroatoms. The quantitative estimate of drug-likeness (QED) is 0.409. The Morgan fingerprint density at radius 3 is 0.714 bits per heavy atom. The molecule has 0 atom stereocenters. The van der Waals surface area contributed by atoms with Gasteiger partial charge in [0.25, 0.3) is 0 Å². The molecule has 0 amide bonds. The molecule has 0 saturated heterocycles. The van der Waals surface area contributed by atoms with Crippen molar-refractivity contribution >= 4 is 27.7 Å².